The first-order valence-electron chi connectivity index (χ1n) is 5.20. The van der Waals surface area contributed by atoms with Gasteiger partial charge in [0.25, 0.3) is 0 Å². The molecule has 0 saturated heterocycles. The highest BCUT2D eigenvalue weighted by atomic mass is 32.1. The zero-order chi connectivity index (χ0) is 13.1. The van der Waals surface area contributed by atoms with E-state index in [0.29, 0.717) is 4.88 Å². The Bertz CT molecular complexity index is 421. The molecule has 1 N–H and O–H groups in total. The number of alkyl carbamates (subject to hydrolysis) is 1. The van der Waals surface area contributed by atoms with Crippen molar-refractivity contribution in [2.45, 2.75) is 33.3 Å². The molecule has 17 heavy (non-hydrogen) atoms. The van der Waals surface area contributed by atoms with Crippen molar-refractivity contribution in [3.8, 4) is 0 Å². The lowest BCUT2D eigenvalue weighted by molar-refractivity contribution is 0.0520. The summed E-state index contributed by atoms with van der Waals surface area (Å²) in [5.74, 6) is -0.165. The molecule has 0 unspecified atom stereocenters. The zero-order valence-corrected chi connectivity index (χ0v) is 11.2. The fraction of sp³-hybridized carbons (Fsp3) is 0.545. The second kappa shape index (κ2) is 5.27. The molecule has 1 aromatic rings. The number of thiazole rings is 1. The summed E-state index contributed by atoms with van der Waals surface area (Å²) in [6.07, 6.45) is 0.922. The molecule has 0 atom stereocenters. The van der Waals surface area contributed by atoms with Crippen LogP contribution in [0.5, 0.6) is 0 Å². The van der Waals surface area contributed by atoms with E-state index in [1.807, 2.05) is 6.92 Å². The van der Waals surface area contributed by atoms with Crippen LogP contribution in [0, 0.1) is 6.92 Å². The van der Waals surface area contributed by atoms with Crippen molar-refractivity contribution < 1.29 is 14.3 Å². The molecule has 0 saturated carbocycles. The number of hydrogen-bond donors (Lipinski definition) is 1. The number of ether oxygens (including phenoxy) is 1. The molecule has 0 bridgehead atoms. The van der Waals surface area contributed by atoms with Crippen molar-refractivity contribution in [2.24, 2.45) is 0 Å². The first kappa shape index (κ1) is 13.6. The molecule has 0 aliphatic rings. The van der Waals surface area contributed by atoms with Gasteiger partial charge in [-0.3, -0.25) is 4.79 Å². The third-order valence-corrected chi connectivity index (χ3v) is 2.64. The molecule has 6 heteroatoms. The minimum Gasteiger partial charge on any atom is -0.444 e. The van der Waals surface area contributed by atoms with Crippen molar-refractivity contribution in [1.82, 2.24) is 10.3 Å². The van der Waals surface area contributed by atoms with Crippen LogP contribution in [0.25, 0.3) is 0 Å². The van der Waals surface area contributed by atoms with Crippen LogP contribution in [-0.4, -0.2) is 29.0 Å². The summed E-state index contributed by atoms with van der Waals surface area (Å²) < 4.78 is 5.01. The van der Waals surface area contributed by atoms with Gasteiger partial charge in [-0.1, -0.05) is 0 Å². The molecule has 0 radical (unpaired) electrons. The predicted molar refractivity (Wildman–Crippen MR) is 65.4 cm³/mol. The van der Waals surface area contributed by atoms with Gasteiger partial charge < -0.3 is 10.1 Å². The summed E-state index contributed by atoms with van der Waals surface area (Å²) in [6, 6.07) is 0. The van der Waals surface area contributed by atoms with Gasteiger partial charge in [0, 0.05) is 6.20 Å². The highest BCUT2D eigenvalue weighted by Crippen LogP contribution is 2.12. The highest BCUT2D eigenvalue weighted by molar-refractivity contribution is 7.13. The van der Waals surface area contributed by atoms with Crippen LogP contribution in [0.3, 0.4) is 0 Å². The summed E-state index contributed by atoms with van der Waals surface area (Å²) in [5.41, 5.74) is -0.561. The number of nitrogens with one attached hydrogen (secondary N) is 1. The lowest BCUT2D eigenvalue weighted by Crippen LogP contribution is -2.35. The van der Waals surface area contributed by atoms with Gasteiger partial charge in [-0.2, -0.15) is 0 Å². The molecule has 0 aliphatic carbocycles. The third-order valence-electron chi connectivity index (χ3n) is 1.69. The average molecular weight is 256 g/mol. The normalized spacial score (nSPS) is 11.1. The van der Waals surface area contributed by atoms with Gasteiger partial charge in [-0.05, 0) is 27.7 Å². The van der Waals surface area contributed by atoms with Crippen LogP contribution in [0.2, 0.25) is 0 Å². The molecule has 94 valence electrons. The van der Waals surface area contributed by atoms with E-state index in [1.165, 1.54) is 17.5 Å². The number of ketones is 1. The van der Waals surface area contributed by atoms with Crippen LogP contribution in [-0.2, 0) is 4.74 Å². The van der Waals surface area contributed by atoms with E-state index in [1.54, 1.807) is 20.8 Å². The monoisotopic (exact) mass is 256 g/mol. The summed E-state index contributed by atoms with van der Waals surface area (Å²) in [5, 5.41) is 3.24. The molecule has 5 nitrogen and oxygen atoms in total. The van der Waals surface area contributed by atoms with Crippen LogP contribution in [0.1, 0.15) is 35.5 Å². The maximum atomic E-state index is 11.6. The molecule has 0 fully saturated rings. The van der Waals surface area contributed by atoms with Crippen LogP contribution in [0.4, 0.5) is 4.79 Å². The highest BCUT2D eigenvalue weighted by Gasteiger charge is 2.17. The SMILES string of the molecule is Cc1ncc(C(=O)CNC(=O)OC(C)(C)C)s1. The maximum absolute atomic E-state index is 11.6. The minimum atomic E-state index is -0.591. The number of carbonyl (C=O) groups excluding carboxylic acids is 2. The lowest BCUT2D eigenvalue weighted by atomic mass is 10.2. The van der Waals surface area contributed by atoms with Crippen LogP contribution >= 0.6 is 11.3 Å². The molecule has 1 aromatic heterocycles. The van der Waals surface area contributed by atoms with Crippen LogP contribution < -0.4 is 5.32 Å². The largest absolute Gasteiger partial charge is 0.444 e. The Morgan fingerprint density at radius 1 is 1.47 bits per heavy atom. The summed E-state index contributed by atoms with van der Waals surface area (Å²) in [7, 11) is 0. The Kier molecular flexibility index (Phi) is 4.22. The molecule has 1 rings (SSSR count). The van der Waals surface area contributed by atoms with Gasteiger partial charge in [0.15, 0.2) is 5.78 Å². The van der Waals surface area contributed by atoms with Crippen molar-refractivity contribution >= 4 is 23.2 Å². The van der Waals surface area contributed by atoms with Crippen molar-refractivity contribution in [3.63, 3.8) is 0 Å². The van der Waals surface area contributed by atoms with Gasteiger partial charge in [0.1, 0.15) is 5.60 Å². The van der Waals surface area contributed by atoms with E-state index in [2.05, 4.69) is 10.3 Å². The fourth-order valence-electron chi connectivity index (χ4n) is 1.04. The molecule has 0 spiro atoms. The topological polar surface area (TPSA) is 68.3 Å². The average Bonchev–Trinajstić information content (AvgIpc) is 2.58. The minimum absolute atomic E-state index is 0.0729. The van der Waals surface area contributed by atoms with Crippen molar-refractivity contribution in [2.75, 3.05) is 6.54 Å². The second-order valence-corrected chi connectivity index (χ2v) is 5.76. The molecular weight excluding hydrogens is 240 g/mol. The van der Waals surface area contributed by atoms with E-state index in [-0.39, 0.29) is 12.3 Å². The van der Waals surface area contributed by atoms with Gasteiger partial charge in [0.05, 0.1) is 16.4 Å². The Hall–Kier alpha value is -1.43. The number of aromatic nitrogens is 1. The first-order chi connectivity index (χ1) is 7.78. The number of nitrogens with zero attached hydrogens (tertiary/aromatic N) is 1. The number of aryl methyl sites for hydroxylation is 1. The summed E-state index contributed by atoms with van der Waals surface area (Å²) in [4.78, 5) is 27.4. The van der Waals surface area contributed by atoms with Gasteiger partial charge >= 0.3 is 6.09 Å². The van der Waals surface area contributed by atoms with Crippen molar-refractivity contribution in [1.29, 1.82) is 0 Å². The zero-order valence-electron chi connectivity index (χ0n) is 10.4. The smallest absolute Gasteiger partial charge is 0.408 e. The van der Waals surface area contributed by atoms with Crippen molar-refractivity contribution in [3.05, 3.63) is 16.1 Å². The Morgan fingerprint density at radius 2 is 2.12 bits per heavy atom. The van der Waals surface area contributed by atoms with E-state index in [9.17, 15) is 9.59 Å². The predicted octanol–water partition coefficient (Wildman–Crippen LogP) is 2.16. The Labute approximate surface area is 104 Å². The molecular formula is C11H16N2O3S. The number of hydrogen-bond acceptors (Lipinski definition) is 5. The summed E-state index contributed by atoms with van der Waals surface area (Å²) in [6.45, 7) is 7.04. The summed E-state index contributed by atoms with van der Waals surface area (Å²) >= 11 is 1.31. The van der Waals surface area contributed by atoms with E-state index in [0.717, 1.165) is 5.01 Å². The first-order valence-corrected chi connectivity index (χ1v) is 6.02. The number of carbonyl (C=O) groups is 2. The van der Waals surface area contributed by atoms with E-state index >= 15 is 0 Å². The fourth-order valence-corrected chi connectivity index (χ4v) is 1.76. The van der Waals surface area contributed by atoms with Gasteiger partial charge in [-0.15, -0.1) is 11.3 Å². The molecule has 0 aromatic carbocycles. The lowest BCUT2D eigenvalue weighted by Gasteiger charge is -2.19. The van der Waals surface area contributed by atoms with E-state index in [4.69, 9.17) is 4.74 Å². The standard InChI is InChI=1S/C11H16N2O3S/c1-7-12-6-9(17-7)8(14)5-13-10(15)16-11(2,3)4/h6H,5H2,1-4H3,(H,13,15). The van der Waals surface area contributed by atoms with Gasteiger partial charge in [-0.25, -0.2) is 9.78 Å². The molecule has 0 aliphatic heterocycles. The number of rotatable bonds is 3. The Morgan fingerprint density at radius 3 is 2.59 bits per heavy atom. The quantitative estimate of drug-likeness (QED) is 0.841. The number of amides is 1. The van der Waals surface area contributed by atoms with E-state index < -0.39 is 11.7 Å². The Balaban J connectivity index is 2.41. The van der Waals surface area contributed by atoms with Gasteiger partial charge in [0.2, 0.25) is 0 Å². The number of Topliss-reactive ketones (excluding diaryl/α,β-unsaturated/α-hetero) is 1. The second-order valence-electron chi connectivity index (χ2n) is 4.52. The third kappa shape index (κ3) is 4.95. The maximum Gasteiger partial charge on any atom is 0.408 e. The molecule has 1 amide bonds. The molecule has 1 heterocycles. The van der Waals surface area contributed by atoms with Crippen LogP contribution in [0.15, 0.2) is 6.20 Å².